The fraction of sp³-hybridized carbons (Fsp3) is 0.300. The van der Waals surface area contributed by atoms with E-state index in [1.165, 1.54) is 5.69 Å². The van der Waals surface area contributed by atoms with Gasteiger partial charge in [0.15, 0.2) is 0 Å². The van der Waals surface area contributed by atoms with Gasteiger partial charge in [-0.25, -0.2) is 0 Å². The Morgan fingerprint density at radius 2 is 1.35 bits per heavy atom. The highest BCUT2D eigenvalue weighted by Gasteiger charge is 2.36. The fourth-order valence-electron chi connectivity index (χ4n) is 3.41. The fourth-order valence-corrected chi connectivity index (χ4v) is 3.41. The van der Waals surface area contributed by atoms with Crippen LogP contribution >= 0.6 is 0 Å². The molecular weight excluding hydrogens is 330 g/mol. The maximum Gasteiger partial charge on any atom is 0.285 e. The van der Waals surface area contributed by atoms with Gasteiger partial charge in [0.05, 0.1) is 17.7 Å². The Kier molecular flexibility index (Phi) is 4.69. The van der Waals surface area contributed by atoms with Crippen molar-refractivity contribution in [1.29, 1.82) is 0 Å². The Morgan fingerprint density at radius 3 is 1.96 bits per heavy atom. The first-order valence-electron chi connectivity index (χ1n) is 8.87. The Bertz CT molecular complexity index is 766. The summed E-state index contributed by atoms with van der Waals surface area (Å²) in [5, 5.41) is 0.894. The van der Waals surface area contributed by atoms with Crippen LogP contribution in [0.5, 0.6) is 0 Å². The van der Waals surface area contributed by atoms with Crippen LogP contribution in [0.1, 0.15) is 20.7 Å². The molecule has 0 spiro atoms. The minimum absolute atomic E-state index is 0.316. The molecule has 0 aliphatic carbocycles. The summed E-state index contributed by atoms with van der Waals surface area (Å²) >= 11 is 0. The molecule has 4 rings (SSSR count). The number of hydrogen-bond donors (Lipinski definition) is 0. The quantitative estimate of drug-likeness (QED) is 0.772. The number of amides is 2. The van der Waals surface area contributed by atoms with Gasteiger partial charge in [-0.1, -0.05) is 30.3 Å². The first-order chi connectivity index (χ1) is 12.7. The molecule has 1 fully saturated rings. The summed E-state index contributed by atoms with van der Waals surface area (Å²) in [6, 6.07) is 17.2. The van der Waals surface area contributed by atoms with Crippen LogP contribution < -0.4 is 4.90 Å². The average Bonchev–Trinajstić information content (AvgIpc) is 2.94. The summed E-state index contributed by atoms with van der Waals surface area (Å²) in [6.07, 6.45) is 0. The third-order valence-electron chi connectivity index (χ3n) is 4.88. The number of hydroxylamine groups is 2. The van der Waals surface area contributed by atoms with E-state index in [4.69, 9.17) is 4.84 Å². The smallest absolute Gasteiger partial charge is 0.285 e. The van der Waals surface area contributed by atoms with Crippen LogP contribution in [-0.4, -0.2) is 61.1 Å². The zero-order valence-electron chi connectivity index (χ0n) is 14.5. The second-order valence-corrected chi connectivity index (χ2v) is 6.45. The highest BCUT2D eigenvalue weighted by Crippen LogP contribution is 2.22. The van der Waals surface area contributed by atoms with Crippen LogP contribution in [0.25, 0.3) is 0 Å². The molecule has 26 heavy (non-hydrogen) atoms. The molecule has 1 saturated heterocycles. The second kappa shape index (κ2) is 7.27. The number of para-hydroxylation sites is 1. The van der Waals surface area contributed by atoms with Crippen molar-refractivity contribution in [2.75, 3.05) is 44.2 Å². The van der Waals surface area contributed by atoms with E-state index in [2.05, 4.69) is 34.1 Å². The van der Waals surface area contributed by atoms with Crippen LogP contribution in [0.15, 0.2) is 54.6 Å². The van der Waals surface area contributed by atoms with Crippen molar-refractivity contribution >= 4 is 17.5 Å². The number of anilines is 1. The SMILES string of the molecule is O=C1c2ccccc2C(=O)N1OCCN1CCN(c2ccccc2)CC1. The van der Waals surface area contributed by atoms with Gasteiger partial charge in [-0.3, -0.25) is 19.3 Å². The van der Waals surface area contributed by atoms with Crippen LogP contribution in [0.2, 0.25) is 0 Å². The van der Waals surface area contributed by atoms with Crippen LogP contribution in [0.4, 0.5) is 5.69 Å². The molecule has 2 aliphatic rings. The molecule has 2 aliphatic heterocycles. The maximum atomic E-state index is 12.2. The first-order valence-corrected chi connectivity index (χ1v) is 8.87. The minimum Gasteiger partial charge on any atom is -0.369 e. The number of nitrogens with zero attached hydrogens (tertiary/aromatic N) is 3. The molecule has 6 heteroatoms. The molecule has 0 unspecified atom stereocenters. The summed E-state index contributed by atoms with van der Waals surface area (Å²) in [5.41, 5.74) is 2.07. The Hall–Kier alpha value is -2.70. The number of fused-ring (bicyclic) bond motifs is 1. The average molecular weight is 351 g/mol. The summed E-state index contributed by atoms with van der Waals surface area (Å²) in [6.45, 7) is 4.78. The second-order valence-electron chi connectivity index (χ2n) is 6.45. The lowest BCUT2D eigenvalue weighted by atomic mass is 10.1. The molecule has 0 saturated carbocycles. The van der Waals surface area contributed by atoms with Gasteiger partial charge in [0.1, 0.15) is 0 Å². The molecule has 2 aromatic rings. The predicted octanol–water partition coefficient (Wildman–Crippen LogP) is 2.04. The normalized spacial score (nSPS) is 17.7. The largest absolute Gasteiger partial charge is 0.369 e. The van der Waals surface area contributed by atoms with E-state index in [0.717, 1.165) is 31.2 Å². The van der Waals surface area contributed by atoms with Gasteiger partial charge in [0, 0.05) is 38.4 Å². The number of rotatable bonds is 5. The summed E-state index contributed by atoms with van der Waals surface area (Å²) in [5.74, 6) is -0.751. The molecule has 0 N–H and O–H groups in total. The van der Waals surface area contributed by atoms with Crippen LogP contribution in [-0.2, 0) is 4.84 Å². The molecule has 2 aromatic carbocycles. The Balaban J connectivity index is 1.25. The molecule has 6 nitrogen and oxygen atoms in total. The van der Waals surface area contributed by atoms with Gasteiger partial charge in [0.2, 0.25) is 0 Å². The van der Waals surface area contributed by atoms with Crippen molar-refractivity contribution in [1.82, 2.24) is 9.96 Å². The van der Waals surface area contributed by atoms with E-state index in [9.17, 15) is 9.59 Å². The van der Waals surface area contributed by atoms with E-state index in [-0.39, 0.29) is 11.8 Å². The number of carbonyl (C=O) groups is 2. The molecule has 0 atom stereocenters. The summed E-state index contributed by atoms with van der Waals surface area (Å²) in [7, 11) is 0. The number of hydrogen-bond acceptors (Lipinski definition) is 5. The van der Waals surface area contributed by atoms with Crippen molar-refractivity contribution in [3.8, 4) is 0 Å². The minimum atomic E-state index is -0.375. The van der Waals surface area contributed by atoms with E-state index in [1.54, 1.807) is 24.3 Å². The number of piperazine rings is 1. The predicted molar refractivity (Wildman–Crippen MR) is 98.0 cm³/mol. The number of carbonyl (C=O) groups excluding carboxylic acids is 2. The Labute approximate surface area is 152 Å². The van der Waals surface area contributed by atoms with Crippen molar-refractivity contribution in [3.05, 3.63) is 65.7 Å². The lowest BCUT2D eigenvalue weighted by molar-refractivity contribution is -0.0957. The molecule has 0 radical (unpaired) electrons. The van der Waals surface area contributed by atoms with Crippen LogP contribution in [0.3, 0.4) is 0 Å². The van der Waals surface area contributed by atoms with E-state index >= 15 is 0 Å². The zero-order valence-corrected chi connectivity index (χ0v) is 14.5. The van der Waals surface area contributed by atoms with Crippen LogP contribution in [0, 0.1) is 0 Å². The van der Waals surface area contributed by atoms with Gasteiger partial charge in [-0.05, 0) is 24.3 Å². The summed E-state index contributed by atoms with van der Waals surface area (Å²) < 4.78 is 0. The van der Waals surface area contributed by atoms with Gasteiger partial charge < -0.3 is 4.90 Å². The third kappa shape index (κ3) is 3.21. The van der Waals surface area contributed by atoms with E-state index in [1.807, 2.05) is 6.07 Å². The van der Waals surface area contributed by atoms with Gasteiger partial charge in [-0.2, -0.15) is 0 Å². The molecule has 0 aromatic heterocycles. The van der Waals surface area contributed by atoms with Crippen molar-refractivity contribution in [3.63, 3.8) is 0 Å². The first kappa shape index (κ1) is 16.8. The van der Waals surface area contributed by atoms with Gasteiger partial charge in [-0.15, -0.1) is 5.06 Å². The van der Waals surface area contributed by atoms with Gasteiger partial charge >= 0.3 is 0 Å². The highest BCUT2D eigenvalue weighted by atomic mass is 16.7. The number of benzene rings is 2. The zero-order chi connectivity index (χ0) is 17.9. The summed E-state index contributed by atoms with van der Waals surface area (Å²) in [4.78, 5) is 34.7. The maximum absolute atomic E-state index is 12.2. The third-order valence-corrected chi connectivity index (χ3v) is 4.88. The lowest BCUT2D eigenvalue weighted by Gasteiger charge is -2.36. The molecule has 2 heterocycles. The molecule has 0 bridgehead atoms. The highest BCUT2D eigenvalue weighted by molar-refractivity contribution is 6.20. The molecule has 134 valence electrons. The number of imide groups is 1. The van der Waals surface area contributed by atoms with Crippen molar-refractivity contribution < 1.29 is 14.4 Å². The molecular formula is C20H21N3O3. The molecule has 2 amide bonds. The van der Waals surface area contributed by atoms with Crippen molar-refractivity contribution in [2.45, 2.75) is 0 Å². The van der Waals surface area contributed by atoms with Crippen molar-refractivity contribution in [2.24, 2.45) is 0 Å². The monoisotopic (exact) mass is 351 g/mol. The lowest BCUT2D eigenvalue weighted by Crippen LogP contribution is -2.47. The van der Waals surface area contributed by atoms with Gasteiger partial charge in [0.25, 0.3) is 11.8 Å². The standard InChI is InChI=1S/C20H21N3O3/c24-19-17-8-4-5-9-18(17)20(25)23(19)26-15-14-21-10-12-22(13-11-21)16-6-2-1-3-7-16/h1-9H,10-15H2. The Morgan fingerprint density at radius 1 is 0.769 bits per heavy atom. The van der Waals surface area contributed by atoms with E-state index in [0.29, 0.717) is 24.3 Å². The van der Waals surface area contributed by atoms with E-state index < -0.39 is 0 Å². The topological polar surface area (TPSA) is 53.1 Å².